The summed E-state index contributed by atoms with van der Waals surface area (Å²) in [4.78, 5) is 16.6. The summed E-state index contributed by atoms with van der Waals surface area (Å²) in [5, 5.41) is 3.13. The summed E-state index contributed by atoms with van der Waals surface area (Å²) in [5.41, 5.74) is -0.0732. The second-order valence-electron chi connectivity index (χ2n) is 6.11. The van der Waals surface area contributed by atoms with Crippen LogP contribution < -0.4 is 5.32 Å². The molecule has 1 amide bonds. The normalized spacial score (nSPS) is 25.7. The number of nitrogens with one attached hydrogen (secondary N) is 1. The van der Waals surface area contributed by atoms with Gasteiger partial charge in [0.25, 0.3) is 0 Å². The maximum atomic E-state index is 12.4. The van der Waals surface area contributed by atoms with Crippen molar-refractivity contribution < 1.29 is 4.79 Å². The highest BCUT2D eigenvalue weighted by Crippen LogP contribution is 2.24. The molecule has 0 bridgehead atoms. The highest BCUT2D eigenvalue weighted by atomic mass is 16.2. The summed E-state index contributed by atoms with van der Waals surface area (Å²) in [6, 6.07) is -0.0135. The quantitative estimate of drug-likeness (QED) is 0.790. The van der Waals surface area contributed by atoms with Crippen LogP contribution in [0.4, 0.5) is 0 Å². The molecule has 0 saturated carbocycles. The number of rotatable bonds is 4. The number of carbonyl (C=O) groups is 1. The first-order valence-corrected chi connectivity index (χ1v) is 6.46. The number of hydrogen-bond acceptors (Lipinski definition) is 3. The van der Waals surface area contributed by atoms with E-state index in [0.717, 1.165) is 19.6 Å². The molecule has 1 fully saturated rings. The van der Waals surface area contributed by atoms with Crippen molar-refractivity contribution in [2.75, 3.05) is 33.7 Å². The van der Waals surface area contributed by atoms with Crippen LogP contribution >= 0.6 is 0 Å². The van der Waals surface area contributed by atoms with Crippen LogP contribution in [-0.4, -0.2) is 61.0 Å². The maximum Gasteiger partial charge on any atom is 0.241 e. The minimum Gasteiger partial charge on any atom is -0.338 e. The molecule has 1 unspecified atom stereocenters. The molecule has 1 aliphatic rings. The van der Waals surface area contributed by atoms with Crippen LogP contribution in [0.1, 0.15) is 27.7 Å². The Bertz CT molecular complexity index is 276. The lowest BCUT2D eigenvalue weighted by Crippen LogP contribution is -2.67. The Kier molecular flexibility index (Phi) is 4.55. The van der Waals surface area contributed by atoms with Gasteiger partial charge in [0.2, 0.25) is 5.91 Å². The zero-order chi connectivity index (χ0) is 13.2. The molecule has 17 heavy (non-hydrogen) atoms. The van der Waals surface area contributed by atoms with E-state index in [0.29, 0.717) is 5.92 Å². The molecular formula is C13H27N3O. The lowest BCUT2D eigenvalue weighted by atomic mass is 9.94. The monoisotopic (exact) mass is 241 g/mol. The maximum absolute atomic E-state index is 12.4. The Labute approximate surface area is 105 Å². The first-order valence-electron chi connectivity index (χ1n) is 6.46. The molecule has 100 valence electrons. The number of nitrogens with zero attached hydrogens (tertiary/aromatic N) is 2. The van der Waals surface area contributed by atoms with Gasteiger partial charge in [-0.05, 0) is 26.8 Å². The predicted octanol–water partition coefficient (Wildman–Crippen LogP) is 0.783. The van der Waals surface area contributed by atoms with Gasteiger partial charge in [-0.15, -0.1) is 0 Å². The van der Waals surface area contributed by atoms with Crippen LogP contribution in [0.25, 0.3) is 0 Å². The second-order valence-corrected chi connectivity index (χ2v) is 6.11. The SMILES string of the molecule is CNCC1C(=O)N(C)C(C)(C)CN1CC(C)C. The van der Waals surface area contributed by atoms with Gasteiger partial charge in [-0.2, -0.15) is 0 Å². The standard InChI is InChI=1S/C13H27N3O/c1-10(2)8-16-9-13(3,4)15(6)12(17)11(16)7-14-5/h10-11,14H,7-9H2,1-6H3. The van der Waals surface area contributed by atoms with Gasteiger partial charge in [-0.3, -0.25) is 9.69 Å². The van der Waals surface area contributed by atoms with E-state index in [-0.39, 0.29) is 17.5 Å². The van der Waals surface area contributed by atoms with E-state index in [2.05, 4.69) is 37.9 Å². The molecule has 4 heteroatoms. The molecule has 0 radical (unpaired) electrons. The molecule has 0 aromatic carbocycles. The molecule has 0 spiro atoms. The van der Waals surface area contributed by atoms with Gasteiger partial charge in [0.1, 0.15) is 6.04 Å². The molecule has 1 N–H and O–H groups in total. The van der Waals surface area contributed by atoms with Crippen LogP contribution in [0, 0.1) is 5.92 Å². The van der Waals surface area contributed by atoms with Crippen LogP contribution in [0.2, 0.25) is 0 Å². The van der Waals surface area contributed by atoms with Gasteiger partial charge in [0.05, 0.1) is 0 Å². The molecular weight excluding hydrogens is 214 g/mol. The number of likely N-dealkylation sites (N-methyl/N-ethyl adjacent to an activating group) is 2. The minimum absolute atomic E-state index is 0.0135. The fourth-order valence-corrected chi connectivity index (χ4v) is 2.46. The zero-order valence-electron chi connectivity index (χ0n) is 12.1. The van der Waals surface area contributed by atoms with Crippen molar-refractivity contribution in [1.29, 1.82) is 0 Å². The molecule has 0 aliphatic carbocycles. The van der Waals surface area contributed by atoms with Crippen molar-refractivity contribution in [3.63, 3.8) is 0 Å². The smallest absolute Gasteiger partial charge is 0.241 e. The first kappa shape index (κ1) is 14.5. The topological polar surface area (TPSA) is 35.6 Å². The Balaban J connectivity index is 2.87. The fraction of sp³-hybridized carbons (Fsp3) is 0.923. The lowest BCUT2D eigenvalue weighted by Gasteiger charge is -2.49. The van der Waals surface area contributed by atoms with Crippen molar-refractivity contribution in [1.82, 2.24) is 15.1 Å². The van der Waals surface area contributed by atoms with Crippen molar-refractivity contribution >= 4 is 5.91 Å². The predicted molar refractivity (Wildman–Crippen MR) is 71.0 cm³/mol. The van der Waals surface area contributed by atoms with E-state index in [1.807, 2.05) is 19.0 Å². The van der Waals surface area contributed by atoms with E-state index < -0.39 is 0 Å². The number of amides is 1. The highest BCUT2D eigenvalue weighted by molar-refractivity contribution is 5.83. The second kappa shape index (κ2) is 5.36. The van der Waals surface area contributed by atoms with Crippen LogP contribution in [0.15, 0.2) is 0 Å². The van der Waals surface area contributed by atoms with Crippen LogP contribution in [-0.2, 0) is 4.79 Å². The van der Waals surface area contributed by atoms with Crippen LogP contribution in [0.3, 0.4) is 0 Å². The average molecular weight is 241 g/mol. The Morgan fingerprint density at radius 2 is 2.06 bits per heavy atom. The summed E-state index contributed by atoms with van der Waals surface area (Å²) >= 11 is 0. The number of hydrogen-bond donors (Lipinski definition) is 1. The van der Waals surface area contributed by atoms with E-state index in [4.69, 9.17) is 0 Å². The summed E-state index contributed by atoms with van der Waals surface area (Å²) in [6.07, 6.45) is 0. The summed E-state index contributed by atoms with van der Waals surface area (Å²) in [6.45, 7) is 11.3. The fourth-order valence-electron chi connectivity index (χ4n) is 2.46. The molecule has 1 rings (SSSR count). The molecule has 4 nitrogen and oxygen atoms in total. The third-order valence-electron chi connectivity index (χ3n) is 3.55. The summed E-state index contributed by atoms with van der Waals surface area (Å²) in [7, 11) is 3.82. The van der Waals surface area contributed by atoms with Gasteiger partial charge in [0.15, 0.2) is 0 Å². The van der Waals surface area contributed by atoms with Crippen molar-refractivity contribution in [3.05, 3.63) is 0 Å². The summed E-state index contributed by atoms with van der Waals surface area (Å²) in [5.74, 6) is 0.817. The Hall–Kier alpha value is -0.610. The van der Waals surface area contributed by atoms with Gasteiger partial charge < -0.3 is 10.2 Å². The summed E-state index contributed by atoms with van der Waals surface area (Å²) < 4.78 is 0. The van der Waals surface area contributed by atoms with Crippen molar-refractivity contribution in [2.24, 2.45) is 5.92 Å². The van der Waals surface area contributed by atoms with Crippen LogP contribution in [0.5, 0.6) is 0 Å². The van der Waals surface area contributed by atoms with Gasteiger partial charge >= 0.3 is 0 Å². The molecule has 1 heterocycles. The van der Waals surface area contributed by atoms with E-state index >= 15 is 0 Å². The molecule has 0 aromatic rings. The largest absolute Gasteiger partial charge is 0.338 e. The van der Waals surface area contributed by atoms with E-state index in [1.54, 1.807) is 0 Å². The Morgan fingerprint density at radius 1 is 1.47 bits per heavy atom. The minimum atomic E-state index is -0.0732. The lowest BCUT2D eigenvalue weighted by molar-refractivity contribution is -0.149. The third-order valence-corrected chi connectivity index (χ3v) is 3.55. The van der Waals surface area contributed by atoms with E-state index in [1.165, 1.54) is 0 Å². The van der Waals surface area contributed by atoms with E-state index in [9.17, 15) is 4.79 Å². The first-order chi connectivity index (χ1) is 7.79. The van der Waals surface area contributed by atoms with Gasteiger partial charge in [-0.25, -0.2) is 0 Å². The van der Waals surface area contributed by atoms with Gasteiger partial charge in [0, 0.05) is 32.2 Å². The zero-order valence-corrected chi connectivity index (χ0v) is 12.1. The van der Waals surface area contributed by atoms with Crippen molar-refractivity contribution in [2.45, 2.75) is 39.3 Å². The molecule has 1 aliphatic heterocycles. The number of piperazine rings is 1. The molecule has 1 saturated heterocycles. The molecule has 0 aromatic heterocycles. The highest BCUT2D eigenvalue weighted by Gasteiger charge is 2.42. The van der Waals surface area contributed by atoms with Gasteiger partial charge in [-0.1, -0.05) is 13.8 Å². The average Bonchev–Trinajstić information content (AvgIpc) is 2.20. The molecule has 1 atom stereocenters. The third kappa shape index (κ3) is 3.19. The number of carbonyl (C=O) groups excluding carboxylic acids is 1. The van der Waals surface area contributed by atoms with Crippen molar-refractivity contribution in [3.8, 4) is 0 Å². The Morgan fingerprint density at radius 3 is 2.53 bits per heavy atom.